The number of rotatable bonds is 9. The minimum Gasteiger partial charge on any atom is -0.465 e. The second-order valence-corrected chi connectivity index (χ2v) is 8.17. The molecule has 34 heavy (non-hydrogen) atoms. The summed E-state index contributed by atoms with van der Waals surface area (Å²) in [6.45, 7) is 4.01. The van der Waals surface area contributed by atoms with Crippen LogP contribution in [0.1, 0.15) is 46.8 Å². The van der Waals surface area contributed by atoms with Crippen molar-refractivity contribution in [2.75, 3.05) is 24.3 Å². The predicted octanol–water partition coefficient (Wildman–Crippen LogP) is 5.30. The zero-order valence-corrected chi connectivity index (χ0v) is 19.5. The molecule has 1 heterocycles. The molecular weight excluding hydrogens is 426 g/mol. The monoisotopic (exact) mass is 455 g/mol. The van der Waals surface area contributed by atoms with Crippen molar-refractivity contribution in [2.45, 2.75) is 26.3 Å². The molecule has 0 radical (unpaired) electrons. The Labute approximate surface area is 200 Å². The molecule has 0 fully saturated rings. The molecule has 3 aromatic carbocycles. The average Bonchev–Trinajstić information content (AvgIpc) is 3.20. The molecule has 0 unspecified atom stereocenters. The van der Waals surface area contributed by atoms with Crippen LogP contribution in [0, 0.1) is 0 Å². The normalized spacial score (nSPS) is 13.8. The summed E-state index contributed by atoms with van der Waals surface area (Å²) in [5.74, 6) is -0.666. The van der Waals surface area contributed by atoms with Crippen LogP contribution in [0.5, 0.6) is 0 Å². The van der Waals surface area contributed by atoms with Crippen molar-refractivity contribution in [1.29, 1.82) is 0 Å². The third kappa shape index (κ3) is 5.18. The van der Waals surface area contributed by atoms with Crippen molar-refractivity contribution in [3.8, 4) is 0 Å². The average molecular weight is 456 g/mol. The van der Waals surface area contributed by atoms with Gasteiger partial charge in [0.25, 0.3) is 5.91 Å². The molecule has 1 aliphatic rings. The number of ether oxygens (including phenoxy) is 1. The summed E-state index contributed by atoms with van der Waals surface area (Å²) in [5, 5.41) is 9.81. The molecule has 0 aromatic heterocycles. The van der Waals surface area contributed by atoms with Crippen LogP contribution in [-0.4, -0.2) is 25.5 Å². The molecule has 3 N–H and O–H groups in total. The van der Waals surface area contributed by atoms with Crippen LogP contribution >= 0.6 is 0 Å². The van der Waals surface area contributed by atoms with Crippen molar-refractivity contribution in [3.05, 3.63) is 95.1 Å². The number of carbonyl (C=O) groups excluding carboxylic acids is 2. The Bertz CT molecular complexity index is 1200. The second-order valence-electron chi connectivity index (χ2n) is 8.17. The smallest absolute Gasteiger partial charge is 0.337 e. The number of hydrogen-bond acceptors (Lipinski definition) is 5. The zero-order valence-electron chi connectivity index (χ0n) is 19.5. The molecule has 0 spiro atoms. The number of benzene rings is 3. The van der Waals surface area contributed by atoms with Gasteiger partial charge < -0.3 is 20.7 Å². The highest BCUT2D eigenvalue weighted by Gasteiger charge is 2.29. The van der Waals surface area contributed by atoms with E-state index in [0.29, 0.717) is 22.5 Å². The highest BCUT2D eigenvalue weighted by Crippen LogP contribution is 2.38. The topological polar surface area (TPSA) is 79.5 Å². The minimum absolute atomic E-state index is 0.222. The van der Waals surface area contributed by atoms with Gasteiger partial charge in [0, 0.05) is 17.8 Å². The van der Waals surface area contributed by atoms with Gasteiger partial charge in [0.1, 0.15) is 0 Å². The van der Waals surface area contributed by atoms with E-state index in [-0.39, 0.29) is 5.91 Å². The molecule has 6 heteroatoms. The van der Waals surface area contributed by atoms with E-state index in [1.54, 1.807) is 18.2 Å². The Hall–Kier alpha value is -3.90. The first-order valence-electron chi connectivity index (χ1n) is 11.5. The number of nitrogens with one attached hydrogen (secondary N) is 3. The Morgan fingerprint density at radius 1 is 0.971 bits per heavy atom. The van der Waals surface area contributed by atoms with Crippen molar-refractivity contribution < 1.29 is 14.3 Å². The maximum atomic E-state index is 13.1. The van der Waals surface area contributed by atoms with Crippen LogP contribution in [-0.2, 0) is 16.1 Å². The van der Waals surface area contributed by atoms with Gasteiger partial charge in [-0.2, -0.15) is 0 Å². The molecular formula is C28H29N3O3. The summed E-state index contributed by atoms with van der Waals surface area (Å²) >= 11 is 0. The highest BCUT2D eigenvalue weighted by molar-refractivity contribution is 6.37. The van der Waals surface area contributed by atoms with Crippen LogP contribution in [0.25, 0.3) is 11.3 Å². The maximum Gasteiger partial charge on any atom is 0.337 e. The predicted molar refractivity (Wildman–Crippen MR) is 136 cm³/mol. The fraction of sp³-hybridized carbons (Fsp3) is 0.214. The van der Waals surface area contributed by atoms with Crippen molar-refractivity contribution in [2.24, 2.45) is 0 Å². The summed E-state index contributed by atoms with van der Waals surface area (Å²) in [7, 11) is 1.34. The molecule has 4 rings (SSSR count). The van der Waals surface area contributed by atoms with E-state index in [2.05, 4.69) is 35.0 Å². The summed E-state index contributed by atoms with van der Waals surface area (Å²) in [6.07, 6.45) is 2.34. The largest absolute Gasteiger partial charge is 0.465 e. The lowest BCUT2D eigenvalue weighted by Crippen LogP contribution is -2.14. The number of anilines is 2. The van der Waals surface area contributed by atoms with Crippen molar-refractivity contribution >= 4 is 34.5 Å². The fourth-order valence-electron chi connectivity index (χ4n) is 3.93. The van der Waals surface area contributed by atoms with Gasteiger partial charge in [-0.05, 0) is 48.4 Å². The number of hydrogen-bond donors (Lipinski definition) is 3. The van der Waals surface area contributed by atoms with Gasteiger partial charge in [0.2, 0.25) is 0 Å². The Kier molecular flexibility index (Phi) is 7.40. The number of fused-ring (bicyclic) bond motifs is 1. The minimum atomic E-state index is -0.444. The van der Waals surface area contributed by atoms with E-state index in [4.69, 9.17) is 4.74 Å². The molecule has 0 saturated carbocycles. The van der Waals surface area contributed by atoms with E-state index >= 15 is 0 Å². The van der Waals surface area contributed by atoms with Crippen molar-refractivity contribution in [3.63, 3.8) is 0 Å². The first-order chi connectivity index (χ1) is 16.6. The number of unbranched alkanes of at least 4 members (excludes halogenated alkanes) is 1. The number of amides is 1. The lowest BCUT2D eigenvalue weighted by molar-refractivity contribution is -0.110. The van der Waals surface area contributed by atoms with Gasteiger partial charge in [-0.15, -0.1) is 0 Å². The van der Waals surface area contributed by atoms with E-state index in [1.807, 2.05) is 42.5 Å². The van der Waals surface area contributed by atoms with Gasteiger partial charge in [-0.1, -0.05) is 61.9 Å². The van der Waals surface area contributed by atoms with Gasteiger partial charge in [-0.25, -0.2) is 4.79 Å². The molecule has 1 amide bonds. The first-order valence-corrected chi connectivity index (χ1v) is 11.5. The molecule has 0 saturated heterocycles. The van der Waals surface area contributed by atoms with Crippen molar-refractivity contribution in [1.82, 2.24) is 5.32 Å². The van der Waals surface area contributed by atoms with Gasteiger partial charge in [-0.3, -0.25) is 4.79 Å². The molecule has 3 aromatic rings. The fourth-order valence-corrected chi connectivity index (χ4v) is 3.93. The van der Waals surface area contributed by atoms with Crippen LogP contribution in [0.2, 0.25) is 0 Å². The SMILES string of the molecule is CCCCNCc1ccc(NC(=C2C(=O)Nc3cc(C(=O)OC)ccc32)c2ccccc2)cc1. The van der Waals surface area contributed by atoms with E-state index in [1.165, 1.54) is 19.1 Å². The third-order valence-corrected chi connectivity index (χ3v) is 5.76. The summed E-state index contributed by atoms with van der Waals surface area (Å²) in [5.41, 5.74) is 5.93. The molecule has 174 valence electrons. The quantitative estimate of drug-likeness (QED) is 0.232. The van der Waals surface area contributed by atoms with Crippen LogP contribution in [0.3, 0.4) is 0 Å². The summed E-state index contributed by atoms with van der Waals surface area (Å²) in [6, 6.07) is 23.1. The van der Waals surface area contributed by atoms with E-state index in [9.17, 15) is 9.59 Å². The molecule has 0 aliphatic carbocycles. The number of carbonyl (C=O) groups is 2. The number of esters is 1. The van der Waals surface area contributed by atoms with Crippen LogP contribution in [0.4, 0.5) is 11.4 Å². The Morgan fingerprint density at radius 2 is 1.74 bits per heavy atom. The molecule has 6 nitrogen and oxygen atoms in total. The standard InChI is InChI=1S/C28H29N3O3/c1-3-4-16-29-18-19-10-13-22(14-11-19)30-26(20-8-6-5-7-9-20)25-23-15-12-21(28(33)34-2)17-24(23)31-27(25)32/h5-15,17,29-30H,3-4,16,18H2,1-2H3,(H,31,32). The summed E-state index contributed by atoms with van der Waals surface area (Å²) in [4.78, 5) is 25.0. The lowest BCUT2D eigenvalue weighted by Gasteiger charge is -2.15. The second kappa shape index (κ2) is 10.8. The summed E-state index contributed by atoms with van der Waals surface area (Å²) < 4.78 is 4.81. The van der Waals surface area contributed by atoms with Crippen LogP contribution < -0.4 is 16.0 Å². The molecule has 0 atom stereocenters. The van der Waals surface area contributed by atoms with E-state index in [0.717, 1.165) is 36.3 Å². The highest BCUT2D eigenvalue weighted by atomic mass is 16.5. The van der Waals surface area contributed by atoms with Gasteiger partial charge in [0.05, 0.1) is 29.6 Å². The van der Waals surface area contributed by atoms with Crippen LogP contribution in [0.15, 0.2) is 72.8 Å². The van der Waals surface area contributed by atoms with Gasteiger partial charge >= 0.3 is 5.97 Å². The first kappa shape index (κ1) is 23.3. The Balaban J connectivity index is 1.67. The van der Waals surface area contributed by atoms with E-state index < -0.39 is 5.97 Å². The maximum absolute atomic E-state index is 13.1. The third-order valence-electron chi connectivity index (χ3n) is 5.76. The number of methoxy groups -OCH3 is 1. The Morgan fingerprint density at radius 3 is 2.44 bits per heavy atom. The lowest BCUT2D eigenvalue weighted by atomic mass is 9.99. The molecule has 0 bridgehead atoms. The van der Waals surface area contributed by atoms with Gasteiger partial charge in [0.15, 0.2) is 0 Å². The molecule has 1 aliphatic heterocycles. The zero-order chi connectivity index (χ0) is 23.9.